The molecular formula is C14H19N3OS. The standard InChI is InChI=1S/C14H19N3OS/c1-9(2)17-13(15-16-14(17)19)8-18-12-6-5-10(3)7-11(12)4/h5-7,9H,8H2,1-4H3,(H,16,19). The molecule has 0 saturated carbocycles. The molecule has 0 unspecified atom stereocenters. The molecule has 0 spiro atoms. The monoisotopic (exact) mass is 277 g/mol. The van der Waals surface area contributed by atoms with Gasteiger partial charge in [0.25, 0.3) is 0 Å². The number of hydrogen-bond donors (Lipinski definition) is 1. The number of rotatable bonds is 4. The van der Waals surface area contributed by atoms with Crippen molar-refractivity contribution in [2.45, 2.75) is 40.3 Å². The van der Waals surface area contributed by atoms with Gasteiger partial charge in [-0.1, -0.05) is 17.7 Å². The highest BCUT2D eigenvalue weighted by Crippen LogP contribution is 2.20. The molecule has 0 bridgehead atoms. The molecule has 5 heteroatoms. The van der Waals surface area contributed by atoms with Gasteiger partial charge in [0.15, 0.2) is 10.6 Å². The van der Waals surface area contributed by atoms with E-state index < -0.39 is 0 Å². The highest BCUT2D eigenvalue weighted by Gasteiger charge is 2.10. The predicted octanol–water partition coefficient (Wildman–Crippen LogP) is 3.72. The number of hydrogen-bond acceptors (Lipinski definition) is 3. The second kappa shape index (κ2) is 5.57. The number of H-pyrrole nitrogens is 1. The lowest BCUT2D eigenvalue weighted by atomic mass is 10.1. The predicted molar refractivity (Wildman–Crippen MR) is 78.0 cm³/mol. The quantitative estimate of drug-likeness (QED) is 0.866. The topological polar surface area (TPSA) is 42.8 Å². The molecule has 0 aliphatic rings. The van der Waals surface area contributed by atoms with E-state index in [1.807, 2.05) is 23.6 Å². The van der Waals surface area contributed by atoms with Crippen molar-refractivity contribution in [3.8, 4) is 5.75 Å². The third kappa shape index (κ3) is 3.04. The number of aromatic nitrogens is 3. The average molecular weight is 277 g/mol. The summed E-state index contributed by atoms with van der Waals surface area (Å²) in [5.74, 6) is 1.70. The minimum absolute atomic E-state index is 0.268. The first-order chi connectivity index (χ1) is 8.99. The van der Waals surface area contributed by atoms with Gasteiger partial charge in [-0.15, -0.1) is 0 Å². The SMILES string of the molecule is Cc1ccc(OCc2n[nH]c(=S)n2C(C)C)c(C)c1. The fourth-order valence-corrected chi connectivity index (χ4v) is 2.44. The van der Waals surface area contributed by atoms with Gasteiger partial charge in [-0.05, 0) is 51.5 Å². The van der Waals surface area contributed by atoms with E-state index in [9.17, 15) is 0 Å². The zero-order chi connectivity index (χ0) is 14.0. The smallest absolute Gasteiger partial charge is 0.195 e. The second-order valence-electron chi connectivity index (χ2n) is 4.97. The van der Waals surface area contributed by atoms with E-state index in [0.717, 1.165) is 17.1 Å². The van der Waals surface area contributed by atoms with E-state index in [0.29, 0.717) is 11.4 Å². The highest BCUT2D eigenvalue weighted by molar-refractivity contribution is 7.71. The fraction of sp³-hybridized carbons (Fsp3) is 0.429. The van der Waals surface area contributed by atoms with Crippen molar-refractivity contribution in [1.29, 1.82) is 0 Å². The Bertz CT molecular complexity index is 628. The third-order valence-corrected chi connectivity index (χ3v) is 3.27. The maximum atomic E-state index is 5.83. The summed E-state index contributed by atoms with van der Waals surface area (Å²) in [6.07, 6.45) is 0. The molecule has 1 heterocycles. The normalized spacial score (nSPS) is 11.0. The van der Waals surface area contributed by atoms with Crippen molar-refractivity contribution in [3.63, 3.8) is 0 Å². The fourth-order valence-electron chi connectivity index (χ4n) is 2.08. The highest BCUT2D eigenvalue weighted by atomic mass is 32.1. The Morgan fingerprint density at radius 3 is 2.74 bits per heavy atom. The number of aryl methyl sites for hydroxylation is 2. The van der Waals surface area contributed by atoms with Crippen molar-refractivity contribution in [3.05, 3.63) is 39.9 Å². The molecular weight excluding hydrogens is 258 g/mol. The van der Waals surface area contributed by atoms with Crippen LogP contribution in [0.1, 0.15) is 36.8 Å². The molecule has 19 heavy (non-hydrogen) atoms. The van der Waals surface area contributed by atoms with Gasteiger partial charge in [-0.2, -0.15) is 5.10 Å². The zero-order valence-corrected chi connectivity index (χ0v) is 12.5. The molecule has 2 aromatic rings. The molecule has 1 aromatic heterocycles. The molecule has 1 N–H and O–H groups in total. The van der Waals surface area contributed by atoms with E-state index in [1.54, 1.807) is 0 Å². The van der Waals surface area contributed by atoms with Crippen LogP contribution >= 0.6 is 12.2 Å². The van der Waals surface area contributed by atoms with Gasteiger partial charge < -0.3 is 4.74 Å². The van der Waals surface area contributed by atoms with Gasteiger partial charge in [0.2, 0.25) is 0 Å². The van der Waals surface area contributed by atoms with Crippen LogP contribution in [0.4, 0.5) is 0 Å². The van der Waals surface area contributed by atoms with Crippen molar-refractivity contribution < 1.29 is 4.74 Å². The van der Waals surface area contributed by atoms with Crippen molar-refractivity contribution in [2.24, 2.45) is 0 Å². The Kier molecular flexibility index (Phi) is 4.04. The first-order valence-electron chi connectivity index (χ1n) is 6.35. The maximum absolute atomic E-state index is 5.83. The average Bonchev–Trinajstić information content (AvgIpc) is 2.69. The number of nitrogens with one attached hydrogen (secondary N) is 1. The Labute approximate surface area is 118 Å². The van der Waals surface area contributed by atoms with E-state index in [1.165, 1.54) is 5.56 Å². The van der Waals surface area contributed by atoms with Gasteiger partial charge in [-0.3, -0.25) is 9.67 Å². The lowest BCUT2D eigenvalue weighted by Crippen LogP contribution is -2.09. The van der Waals surface area contributed by atoms with Gasteiger partial charge in [0.05, 0.1) is 0 Å². The van der Waals surface area contributed by atoms with Crippen LogP contribution in [0.2, 0.25) is 0 Å². The van der Waals surface area contributed by atoms with Crippen LogP contribution in [0, 0.1) is 18.6 Å². The number of nitrogens with zero attached hydrogens (tertiary/aromatic N) is 2. The largest absolute Gasteiger partial charge is 0.485 e. The molecule has 2 rings (SSSR count). The van der Waals surface area contributed by atoms with Crippen molar-refractivity contribution >= 4 is 12.2 Å². The summed E-state index contributed by atoms with van der Waals surface area (Å²) in [7, 11) is 0. The van der Waals surface area contributed by atoms with Crippen LogP contribution in [0.15, 0.2) is 18.2 Å². The summed E-state index contributed by atoms with van der Waals surface area (Å²) in [6, 6.07) is 6.41. The molecule has 1 aromatic carbocycles. The Hall–Kier alpha value is -1.62. The second-order valence-corrected chi connectivity index (χ2v) is 5.35. The molecule has 102 valence electrons. The van der Waals surface area contributed by atoms with Crippen molar-refractivity contribution in [1.82, 2.24) is 14.8 Å². The summed E-state index contributed by atoms with van der Waals surface area (Å²) >= 11 is 5.21. The minimum Gasteiger partial charge on any atom is -0.485 e. The molecule has 0 radical (unpaired) electrons. The van der Waals surface area contributed by atoms with Gasteiger partial charge >= 0.3 is 0 Å². The number of aromatic amines is 1. The zero-order valence-electron chi connectivity index (χ0n) is 11.7. The lowest BCUT2D eigenvalue weighted by molar-refractivity contribution is 0.284. The lowest BCUT2D eigenvalue weighted by Gasteiger charge is -2.12. The molecule has 0 aliphatic heterocycles. The van der Waals surface area contributed by atoms with Gasteiger partial charge in [-0.25, -0.2) is 0 Å². The van der Waals surface area contributed by atoms with Crippen LogP contribution < -0.4 is 4.74 Å². The maximum Gasteiger partial charge on any atom is 0.195 e. The van der Waals surface area contributed by atoms with Crippen LogP contribution in [0.25, 0.3) is 0 Å². The van der Waals surface area contributed by atoms with E-state index in [4.69, 9.17) is 17.0 Å². The molecule has 0 fully saturated rings. The van der Waals surface area contributed by atoms with Crippen molar-refractivity contribution in [2.75, 3.05) is 0 Å². The molecule has 0 aliphatic carbocycles. The number of benzene rings is 1. The molecule has 0 atom stereocenters. The van der Waals surface area contributed by atoms with E-state index >= 15 is 0 Å². The first kappa shape index (κ1) is 13.8. The summed E-state index contributed by atoms with van der Waals surface area (Å²) in [4.78, 5) is 0. The Morgan fingerprint density at radius 2 is 2.11 bits per heavy atom. The Balaban J connectivity index is 2.17. The van der Waals surface area contributed by atoms with Gasteiger partial charge in [0, 0.05) is 6.04 Å². The third-order valence-electron chi connectivity index (χ3n) is 2.98. The summed E-state index contributed by atoms with van der Waals surface area (Å²) in [5, 5.41) is 7.03. The van der Waals surface area contributed by atoms with Crippen LogP contribution in [-0.2, 0) is 6.61 Å². The van der Waals surface area contributed by atoms with Crippen LogP contribution in [-0.4, -0.2) is 14.8 Å². The van der Waals surface area contributed by atoms with Crippen LogP contribution in [0.3, 0.4) is 0 Å². The van der Waals surface area contributed by atoms with Gasteiger partial charge in [0.1, 0.15) is 12.4 Å². The van der Waals surface area contributed by atoms with E-state index in [2.05, 4.69) is 37.0 Å². The van der Waals surface area contributed by atoms with E-state index in [-0.39, 0.29) is 6.04 Å². The summed E-state index contributed by atoms with van der Waals surface area (Å²) < 4.78 is 8.44. The Morgan fingerprint density at radius 1 is 1.37 bits per heavy atom. The number of ether oxygens (including phenoxy) is 1. The van der Waals surface area contributed by atoms with Crippen LogP contribution in [0.5, 0.6) is 5.75 Å². The minimum atomic E-state index is 0.268. The summed E-state index contributed by atoms with van der Waals surface area (Å²) in [5.41, 5.74) is 2.36. The molecule has 0 amide bonds. The molecule has 0 saturated heterocycles. The summed E-state index contributed by atoms with van der Waals surface area (Å²) in [6.45, 7) is 8.68. The molecule has 4 nitrogen and oxygen atoms in total. The first-order valence-corrected chi connectivity index (χ1v) is 6.75.